The van der Waals surface area contributed by atoms with Gasteiger partial charge in [-0.2, -0.15) is 0 Å². The van der Waals surface area contributed by atoms with Gasteiger partial charge in [-0.15, -0.1) is 0 Å². The van der Waals surface area contributed by atoms with E-state index in [0.29, 0.717) is 5.02 Å². The van der Waals surface area contributed by atoms with Crippen molar-refractivity contribution in [3.05, 3.63) is 53.3 Å². The Hall–Kier alpha value is -1.74. The first-order valence-electron chi connectivity index (χ1n) is 6.69. The molecule has 2 aromatic rings. The van der Waals surface area contributed by atoms with Gasteiger partial charge >= 0.3 is 0 Å². The van der Waals surface area contributed by atoms with Crippen molar-refractivity contribution in [3.8, 4) is 5.75 Å². The molecule has 0 aliphatic carbocycles. The van der Waals surface area contributed by atoms with Gasteiger partial charge in [0.25, 0.3) is 0 Å². The van der Waals surface area contributed by atoms with Crippen LogP contribution >= 0.6 is 11.6 Å². The first kappa shape index (κ1) is 13.3. The molecule has 2 heterocycles. The van der Waals surface area contributed by atoms with Crippen molar-refractivity contribution >= 4 is 17.3 Å². The van der Waals surface area contributed by atoms with Gasteiger partial charge in [-0.05, 0) is 26.0 Å². The predicted octanol–water partition coefficient (Wildman–Crippen LogP) is 4.45. The van der Waals surface area contributed by atoms with E-state index in [1.807, 2.05) is 18.2 Å². The lowest BCUT2D eigenvalue weighted by Gasteiger charge is -2.38. The van der Waals surface area contributed by atoms with Gasteiger partial charge < -0.3 is 10.1 Å². The number of anilines is 1. The second-order valence-corrected chi connectivity index (χ2v) is 6.06. The third-order valence-electron chi connectivity index (χ3n) is 3.47. The number of rotatable bonds is 2. The first-order chi connectivity index (χ1) is 9.55. The summed E-state index contributed by atoms with van der Waals surface area (Å²) in [5.41, 5.74) is 1.80. The molecule has 1 aliphatic heterocycles. The van der Waals surface area contributed by atoms with Gasteiger partial charge in [0, 0.05) is 18.2 Å². The lowest BCUT2D eigenvalue weighted by atomic mass is 9.89. The molecular weight excluding hydrogens is 272 g/mol. The number of nitrogens with zero attached hydrogens (tertiary/aromatic N) is 1. The van der Waals surface area contributed by atoms with Gasteiger partial charge in [-0.25, -0.2) is 0 Å². The van der Waals surface area contributed by atoms with Crippen LogP contribution < -0.4 is 10.1 Å². The molecule has 0 radical (unpaired) electrons. The summed E-state index contributed by atoms with van der Waals surface area (Å²) in [6.07, 6.45) is 4.32. The highest BCUT2D eigenvalue weighted by Crippen LogP contribution is 2.41. The monoisotopic (exact) mass is 288 g/mol. The Morgan fingerprint density at radius 3 is 2.90 bits per heavy atom. The number of ether oxygens (including phenoxy) is 1. The van der Waals surface area contributed by atoms with Crippen LogP contribution in [0.2, 0.25) is 5.02 Å². The average Bonchev–Trinajstić information content (AvgIpc) is 2.40. The van der Waals surface area contributed by atoms with E-state index in [1.54, 1.807) is 18.5 Å². The lowest BCUT2D eigenvalue weighted by Crippen LogP contribution is -2.37. The second-order valence-electron chi connectivity index (χ2n) is 5.66. The fourth-order valence-corrected chi connectivity index (χ4v) is 2.76. The summed E-state index contributed by atoms with van der Waals surface area (Å²) < 4.78 is 6.03. The number of hydrogen-bond acceptors (Lipinski definition) is 3. The van der Waals surface area contributed by atoms with Crippen LogP contribution in [0.4, 0.5) is 5.69 Å². The summed E-state index contributed by atoms with van der Waals surface area (Å²) in [5.74, 6) is 0.932. The third-order valence-corrected chi connectivity index (χ3v) is 3.80. The summed E-state index contributed by atoms with van der Waals surface area (Å²) in [6.45, 7) is 4.20. The maximum atomic E-state index is 6.21. The molecule has 0 amide bonds. The molecule has 1 aromatic heterocycles. The Morgan fingerprint density at radius 2 is 2.10 bits per heavy atom. The number of benzene rings is 1. The zero-order valence-electron chi connectivity index (χ0n) is 11.6. The van der Waals surface area contributed by atoms with Crippen LogP contribution in [0.5, 0.6) is 5.75 Å². The van der Waals surface area contributed by atoms with E-state index in [0.717, 1.165) is 23.4 Å². The standard InChI is InChI=1S/C16H17ClN2O/c1-16(2)9-13(11-5-3-4-6-15(11)20-16)19-14-10-18-8-7-12(14)17/h3-8,10,13,19H,9H2,1-2H3. The molecular formula is C16H17ClN2O. The molecule has 20 heavy (non-hydrogen) atoms. The fraction of sp³-hybridized carbons (Fsp3) is 0.312. The van der Waals surface area contributed by atoms with E-state index >= 15 is 0 Å². The third kappa shape index (κ3) is 2.59. The molecule has 4 heteroatoms. The molecule has 1 aliphatic rings. The highest BCUT2D eigenvalue weighted by Gasteiger charge is 2.33. The van der Waals surface area contributed by atoms with E-state index in [9.17, 15) is 0 Å². The molecule has 1 N–H and O–H groups in total. The molecule has 1 unspecified atom stereocenters. The molecule has 0 saturated heterocycles. The van der Waals surface area contributed by atoms with Crippen LogP contribution in [-0.2, 0) is 0 Å². The van der Waals surface area contributed by atoms with Crippen molar-refractivity contribution in [1.29, 1.82) is 0 Å². The van der Waals surface area contributed by atoms with Crippen LogP contribution in [0.25, 0.3) is 0 Å². The zero-order valence-corrected chi connectivity index (χ0v) is 12.3. The number of pyridine rings is 1. The second kappa shape index (κ2) is 4.98. The molecule has 3 rings (SSSR count). The van der Waals surface area contributed by atoms with Gasteiger partial charge in [0.1, 0.15) is 11.4 Å². The van der Waals surface area contributed by atoms with Crippen LogP contribution in [0, 0.1) is 0 Å². The SMILES string of the molecule is CC1(C)CC(Nc2cnccc2Cl)c2ccccc2O1. The van der Waals surface area contributed by atoms with Crippen molar-refractivity contribution < 1.29 is 4.74 Å². The van der Waals surface area contributed by atoms with Crippen LogP contribution in [0.1, 0.15) is 31.9 Å². The number of nitrogens with one attached hydrogen (secondary N) is 1. The predicted molar refractivity (Wildman–Crippen MR) is 81.4 cm³/mol. The van der Waals surface area contributed by atoms with Gasteiger partial charge in [0.2, 0.25) is 0 Å². The molecule has 0 bridgehead atoms. The number of hydrogen-bond donors (Lipinski definition) is 1. The van der Waals surface area contributed by atoms with Crippen LogP contribution in [0.3, 0.4) is 0 Å². The van der Waals surface area contributed by atoms with E-state index in [1.165, 1.54) is 0 Å². The minimum atomic E-state index is -0.208. The minimum absolute atomic E-state index is 0.164. The van der Waals surface area contributed by atoms with Gasteiger partial charge in [-0.1, -0.05) is 29.8 Å². The quantitative estimate of drug-likeness (QED) is 0.886. The topological polar surface area (TPSA) is 34.2 Å². The molecule has 104 valence electrons. The summed E-state index contributed by atoms with van der Waals surface area (Å²) in [6, 6.07) is 10.1. The Kier molecular flexibility index (Phi) is 3.30. The molecule has 3 nitrogen and oxygen atoms in total. The summed E-state index contributed by atoms with van der Waals surface area (Å²) >= 11 is 6.21. The van der Waals surface area contributed by atoms with Crippen LogP contribution in [-0.4, -0.2) is 10.6 Å². The number of para-hydroxylation sites is 1. The van der Waals surface area contributed by atoms with Crippen molar-refractivity contribution in [3.63, 3.8) is 0 Å². The number of aromatic nitrogens is 1. The first-order valence-corrected chi connectivity index (χ1v) is 7.07. The average molecular weight is 289 g/mol. The highest BCUT2D eigenvalue weighted by atomic mass is 35.5. The minimum Gasteiger partial charge on any atom is -0.487 e. The van der Waals surface area contributed by atoms with E-state index in [2.05, 4.69) is 30.2 Å². The maximum Gasteiger partial charge on any atom is 0.125 e. The molecule has 0 saturated carbocycles. The van der Waals surface area contributed by atoms with E-state index < -0.39 is 0 Å². The van der Waals surface area contributed by atoms with Crippen molar-refractivity contribution in [2.75, 3.05) is 5.32 Å². The summed E-state index contributed by atoms with van der Waals surface area (Å²) in [7, 11) is 0. The Morgan fingerprint density at radius 1 is 1.30 bits per heavy atom. The highest BCUT2D eigenvalue weighted by molar-refractivity contribution is 6.33. The summed E-state index contributed by atoms with van der Waals surface area (Å²) in [4.78, 5) is 4.13. The molecule has 1 atom stereocenters. The Bertz CT molecular complexity index is 627. The van der Waals surface area contributed by atoms with E-state index in [4.69, 9.17) is 16.3 Å². The molecule has 0 fully saturated rings. The Labute approximate surface area is 123 Å². The van der Waals surface area contributed by atoms with Gasteiger partial charge in [0.05, 0.1) is 22.9 Å². The normalized spacial score (nSPS) is 19.9. The van der Waals surface area contributed by atoms with Crippen LogP contribution in [0.15, 0.2) is 42.7 Å². The van der Waals surface area contributed by atoms with Gasteiger partial charge in [-0.3, -0.25) is 4.98 Å². The molecule has 0 spiro atoms. The van der Waals surface area contributed by atoms with Crippen molar-refractivity contribution in [1.82, 2.24) is 4.98 Å². The van der Waals surface area contributed by atoms with Crippen molar-refractivity contribution in [2.45, 2.75) is 31.9 Å². The lowest BCUT2D eigenvalue weighted by molar-refractivity contribution is 0.0759. The smallest absolute Gasteiger partial charge is 0.125 e. The van der Waals surface area contributed by atoms with Gasteiger partial charge in [0.15, 0.2) is 0 Å². The number of halogens is 1. The molecule has 1 aromatic carbocycles. The van der Waals surface area contributed by atoms with E-state index in [-0.39, 0.29) is 11.6 Å². The Balaban J connectivity index is 1.95. The summed E-state index contributed by atoms with van der Waals surface area (Å²) in [5, 5.41) is 4.17. The fourth-order valence-electron chi connectivity index (χ4n) is 2.60. The largest absolute Gasteiger partial charge is 0.487 e. The zero-order chi connectivity index (χ0) is 14.2. The maximum absolute atomic E-state index is 6.21. The number of fused-ring (bicyclic) bond motifs is 1. The van der Waals surface area contributed by atoms with Crippen molar-refractivity contribution in [2.24, 2.45) is 0 Å².